The standard InChI is InChI=1S/C23H23N3O4/c1-28-18-4-2-5-19(14-18)30-21-11-12-24-22(26-21)16-7-9-17(10-8-16)23(27)25-15-20-6-3-13-29-20/h2,4-5,7-12,14,20H,3,6,13,15H2,1H3,(H,25,27)/t20-/m1/s1. The van der Waals surface area contributed by atoms with Crippen molar-refractivity contribution in [3.05, 3.63) is 66.4 Å². The van der Waals surface area contributed by atoms with Crippen molar-refractivity contribution >= 4 is 5.91 Å². The highest BCUT2D eigenvalue weighted by Gasteiger charge is 2.16. The molecule has 7 heteroatoms. The highest BCUT2D eigenvalue weighted by molar-refractivity contribution is 5.94. The van der Waals surface area contributed by atoms with Crippen LogP contribution in [-0.4, -0.2) is 42.2 Å². The number of hydrogen-bond acceptors (Lipinski definition) is 6. The van der Waals surface area contributed by atoms with Crippen molar-refractivity contribution in [3.63, 3.8) is 0 Å². The van der Waals surface area contributed by atoms with E-state index < -0.39 is 0 Å². The number of methoxy groups -OCH3 is 1. The minimum absolute atomic E-state index is 0.118. The summed E-state index contributed by atoms with van der Waals surface area (Å²) in [5.41, 5.74) is 1.38. The van der Waals surface area contributed by atoms with Gasteiger partial charge < -0.3 is 19.5 Å². The van der Waals surface area contributed by atoms with Gasteiger partial charge in [0, 0.05) is 42.6 Å². The minimum atomic E-state index is -0.118. The predicted octanol–water partition coefficient (Wildman–Crippen LogP) is 3.85. The van der Waals surface area contributed by atoms with E-state index in [9.17, 15) is 4.79 Å². The van der Waals surface area contributed by atoms with Crippen molar-refractivity contribution in [1.29, 1.82) is 0 Å². The highest BCUT2D eigenvalue weighted by Crippen LogP contribution is 2.25. The van der Waals surface area contributed by atoms with Crippen LogP contribution in [0.25, 0.3) is 11.4 Å². The van der Waals surface area contributed by atoms with Crippen LogP contribution in [0.15, 0.2) is 60.8 Å². The molecule has 1 N–H and O–H groups in total. The van der Waals surface area contributed by atoms with Gasteiger partial charge in [-0.15, -0.1) is 0 Å². The zero-order chi connectivity index (χ0) is 20.8. The summed E-state index contributed by atoms with van der Waals surface area (Å²) in [5, 5.41) is 2.92. The molecule has 4 rings (SSSR count). The van der Waals surface area contributed by atoms with Crippen LogP contribution >= 0.6 is 0 Å². The number of rotatable bonds is 7. The van der Waals surface area contributed by atoms with Crippen LogP contribution in [0.5, 0.6) is 17.4 Å². The molecule has 1 fully saturated rings. The average Bonchev–Trinajstić information content (AvgIpc) is 3.32. The number of hydrogen-bond donors (Lipinski definition) is 1. The molecule has 0 unspecified atom stereocenters. The van der Waals surface area contributed by atoms with Gasteiger partial charge in [-0.25, -0.2) is 4.98 Å². The molecule has 154 valence electrons. The Morgan fingerprint density at radius 3 is 2.77 bits per heavy atom. The van der Waals surface area contributed by atoms with E-state index >= 15 is 0 Å². The number of nitrogens with one attached hydrogen (secondary N) is 1. The quantitative estimate of drug-likeness (QED) is 0.643. The summed E-state index contributed by atoms with van der Waals surface area (Å²) in [5.74, 6) is 2.15. The third kappa shape index (κ3) is 4.93. The van der Waals surface area contributed by atoms with Crippen LogP contribution in [-0.2, 0) is 4.74 Å². The molecule has 1 atom stereocenters. The zero-order valence-corrected chi connectivity index (χ0v) is 16.7. The largest absolute Gasteiger partial charge is 0.497 e. The maximum absolute atomic E-state index is 12.3. The first-order valence-corrected chi connectivity index (χ1v) is 9.86. The number of amides is 1. The maximum atomic E-state index is 12.3. The van der Waals surface area contributed by atoms with Crippen LogP contribution < -0.4 is 14.8 Å². The fraction of sp³-hybridized carbons (Fsp3) is 0.261. The van der Waals surface area contributed by atoms with E-state index in [4.69, 9.17) is 14.2 Å². The summed E-state index contributed by atoms with van der Waals surface area (Å²) >= 11 is 0. The molecule has 0 bridgehead atoms. The van der Waals surface area contributed by atoms with Gasteiger partial charge in [0.05, 0.1) is 13.2 Å². The number of carbonyl (C=O) groups excluding carboxylic acids is 1. The third-order valence-corrected chi connectivity index (χ3v) is 4.81. The molecular weight excluding hydrogens is 382 g/mol. The average molecular weight is 405 g/mol. The molecule has 3 aromatic rings. The summed E-state index contributed by atoms with van der Waals surface area (Å²) in [6.45, 7) is 1.31. The van der Waals surface area contributed by atoms with Crippen molar-refractivity contribution < 1.29 is 19.0 Å². The number of nitrogens with zero attached hydrogens (tertiary/aromatic N) is 2. The molecule has 1 aromatic heterocycles. The van der Waals surface area contributed by atoms with Gasteiger partial charge in [-0.05, 0) is 37.1 Å². The van der Waals surface area contributed by atoms with Crippen LogP contribution in [0.1, 0.15) is 23.2 Å². The van der Waals surface area contributed by atoms with Gasteiger partial charge in [-0.1, -0.05) is 18.2 Å². The van der Waals surface area contributed by atoms with Gasteiger partial charge in [0.25, 0.3) is 5.91 Å². The summed E-state index contributed by atoms with van der Waals surface area (Å²) in [6, 6.07) is 16.2. The molecule has 0 aliphatic carbocycles. The van der Waals surface area contributed by atoms with Crippen LogP contribution in [0.4, 0.5) is 0 Å². The summed E-state index contributed by atoms with van der Waals surface area (Å²) < 4.78 is 16.6. The molecule has 1 aliphatic rings. The van der Waals surface area contributed by atoms with Crippen molar-refractivity contribution in [3.8, 4) is 28.8 Å². The third-order valence-electron chi connectivity index (χ3n) is 4.81. The topological polar surface area (TPSA) is 82.6 Å². The molecule has 1 aliphatic heterocycles. The van der Waals surface area contributed by atoms with Gasteiger partial charge in [0.2, 0.25) is 5.88 Å². The Bertz CT molecular complexity index is 1000. The monoisotopic (exact) mass is 405 g/mol. The van der Waals surface area contributed by atoms with Crippen molar-refractivity contribution in [2.45, 2.75) is 18.9 Å². The minimum Gasteiger partial charge on any atom is -0.497 e. The SMILES string of the molecule is COc1cccc(Oc2ccnc(-c3ccc(C(=O)NC[C@H]4CCCO4)cc3)n2)c1. The van der Waals surface area contributed by atoms with Crippen LogP contribution in [0, 0.1) is 0 Å². The Labute approximate surface area is 175 Å². The predicted molar refractivity (Wildman–Crippen MR) is 112 cm³/mol. The maximum Gasteiger partial charge on any atom is 0.251 e. The number of benzene rings is 2. The Balaban J connectivity index is 1.42. The van der Waals surface area contributed by atoms with Gasteiger partial charge in [0.1, 0.15) is 11.5 Å². The van der Waals surface area contributed by atoms with Gasteiger partial charge in [0.15, 0.2) is 5.82 Å². The lowest BCUT2D eigenvalue weighted by Crippen LogP contribution is -2.31. The molecule has 7 nitrogen and oxygen atoms in total. The normalized spacial score (nSPS) is 15.6. The van der Waals surface area contributed by atoms with Crippen LogP contribution in [0.2, 0.25) is 0 Å². The summed E-state index contributed by atoms with van der Waals surface area (Å²) in [4.78, 5) is 21.1. The van der Waals surface area contributed by atoms with E-state index in [-0.39, 0.29) is 12.0 Å². The Hall–Kier alpha value is -3.45. The molecular formula is C23H23N3O4. The highest BCUT2D eigenvalue weighted by atomic mass is 16.5. The van der Waals surface area contributed by atoms with E-state index in [1.54, 1.807) is 37.6 Å². The first-order chi connectivity index (χ1) is 14.7. The Morgan fingerprint density at radius 2 is 2.00 bits per heavy atom. The Kier molecular flexibility index (Phi) is 6.20. The molecule has 1 saturated heterocycles. The van der Waals surface area contributed by atoms with E-state index in [0.717, 1.165) is 25.0 Å². The second kappa shape index (κ2) is 9.37. The van der Waals surface area contributed by atoms with E-state index in [0.29, 0.717) is 35.3 Å². The number of carbonyl (C=O) groups is 1. The first-order valence-electron chi connectivity index (χ1n) is 9.86. The number of aromatic nitrogens is 2. The lowest BCUT2D eigenvalue weighted by Gasteiger charge is -2.11. The van der Waals surface area contributed by atoms with Crippen molar-refractivity contribution in [1.82, 2.24) is 15.3 Å². The smallest absolute Gasteiger partial charge is 0.251 e. The van der Waals surface area contributed by atoms with E-state index in [1.165, 1.54) is 0 Å². The van der Waals surface area contributed by atoms with Gasteiger partial charge in [-0.3, -0.25) is 4.79 Å². The van der Waals surface area contributed by atoms with Crippen molar-refractivity contribution in [2.75, 3.05) is 20.3 Å². The molecule has 2 aromatic carbocycles. The molecule has 0 radical (unpaired) electrons. The van der Waals surface area contributed by atoms with E-state index in [1.807, 2.05) is 30.3 Å². The van der Waals surface area contributed by atoms with Gasteiger partial charge >= 0.3 is 0 Å². The fourth-order valence-corrected chi connectivity index (χ4v) is 3.21. The molecule has 1 amide bonds. The molecule has 0 saturated carbocycles. The fourth-order valence-electron chi connectivity index (χ4n) is 3.21. The lowest BCUT2D eigenvalue weighted by atomic mass is 10.1. The van der Waals surface area contributed by atoms with E-state index in [2.05, 4.69) is 15.3 Å². The molecule has 0 spiro atoms. The summed E-state index contributed by atoms with van der Waals surface area (Å²) in [6.07, 6.45) is 3.80. The van der Waals surface area contributed by atoms with Crippen molar-refractivity contribution in [2.24, 2.45) is 0 Å². The number of ether oxygens (including phenoxy) is 3. The zero-order valence-electron chi connectivity index (χ0n) is 16.7. The summed E-state index contributed by atoms with van der Waals surface area (Å²) in [7, 11) is 1.61. The van der Waals surface area contributed by atoms with Crippen LogP contribution in [0.3, 0.4) is 0 Å². The molecule has 30 heavy (non-hydrogen) atoms. The second-order valence-electron chi connectivity index (χ2n) is 6.92. The van der Waals surface area contributed by atoms with Gasteiger partial charge in [-0.2, -0.15) is 4.98 Å². The first kappa shape index (κ1) is 19.8. The second-order valence-corrected chi connectivity index (χ2v) is 6.92. The lowest BCUT2D eigenvalue weighted by molar-refractivity contribution is 0.0858. The molecule has 2 heterocycles. The Morgan fingerprint density at radius 1 is 1.17 bits per heavy atom.